The van der Waals surface area contributed by atoms with E-state index >= 15 is 0 Å². The van der Waals surface area contributed by atoms with Gasteiger partial charge in [-0.25, -0.2) is 13.9 Å². The molecule has 1 aliphatic heterocycles. The second-order valence-corrected chi connectivity index (χ2v) is 11.0. The van der Waals surface area contributed by atoms with E-state index in [9.17, 15) is 23.2 Å². The van der Waals surface area contributed by atoms with Crippen LogP contribution in [0.1, 0.15) is 39.5 Å². The first-order valence-corrected chi connectivity index (χ1v) is 13.1. The minimum Gasteiger partial charge on any atom is -0.497 e. The summed E-state index contributed by atoms with van der Waals surface area (Å²) >= 11 is 0. The van der Waals surface area contributed by atoms with Crippen LogP contribution in [-0.4, -0.2) is 55.5 Å². The molecular weight excluding hydrogens is 470 g/mol. The molecule has 2 amide bonds. The number of sulfonamides is 1. The van der Waals surface area contributed by atoms with E-state index in [0.717, 1.165) is 16.3 Å². The lowest BCUT2D eigenvalue weighted by Gasteiger charge is -2.37. The van der Waals surface area contributed by atoms with Gasteiger partial charge in [-0.1, -0.05) is 38.1 Å². The lowest BCUT2D eigenvalue weighted by Crippen LogP contribution is -2.56. The summed E-state index contributed by atoms with van der Waals surface area (Å²) in [6, 6.07) is 12.2. The Labute approximate surface area is 206 Å². The predicted octanol–water partition coefficient (Wildman–Crippen LogP) is 2.94. The topological polar surface area (TPSA) is 125 Å². The molecule has 2 atom stereocenters. The molecule has 0 spiro atoms. The molecule has 2 aromatic carbocycles. The summed E-state index contributed by atoms with van der Waals surface area (Å²) in [5.74, 6) is 0.111. The van der Waals surface area contributed by atoms with Crippen LogP contribution < -0.4 is 15.5 Å². The van der Waals surface area contributed by atoms with Gasteiger partial charge >= 0.3 is 0 Å². The molecule has 3 rings (SSSR count). The van der Waals surface area contributed by atoms with E-state index in [4.69, 9.17) is 4.74 Å². The van der Waals surface area contributed by atoms with Crippen LogP contribution in [0.15, 0.2) is 53.4 Å². The molecule has 3 N–H and O–H groups in total. The Balaban J connectivity index is 1.81. The molecule has 9 nitrogen and oxygen atoms in total. The highest BCUT2D eigenvalue weighted by atomic mass is 32.2. The zero-order valence-electron chi connectivity index (χ0n) is 20.2. The van der Waals surface area contributed by atoms with Crippen molar-refractivity contribution in [2.24, 2.45) is 5.92 Å². The molecular formula is C25H33N3O6S. The average Bonchev–Trinajstić information content (AvgIpc) is 2.87. The summed E-state index contributed by atoms with van der Waals surface area (Å²) < 4.78 is 33.4. The average molecular weight is 504 g/mol. The van der Waals surface area contributed by atoms with Gasteiger partial charge in [-0.05, 0) is 60.6 Å². The fraction of sp³-hybridized carbons (Fsp3) is 0.440. The number of rotatable bonds is 9. The van der Waals surface area contributed by atoms with Crippen molar-refractivity contribution in [3.05, 3.63) is 48.5 Å². The van der Waals surface area contributed by atoms with Crippen LogP contribution in [0.3, 0.4) is 0 Å². The summed E-state index contributed by atoms with van der Waals surface area (Å²) in [6.07, 6.45) is 1.53. The van der Waals surface area contributed by atoms with E-state index in [1.54, 1.807) is 42.9 Å². The molecule has 10 heteroatoms. The number of nitrogens with zero attached hydrogens (tertiary/aromatic N) is 1. The maximum Gasteiger partial charge on any atom is 0.261 e. The number of hydrogen-bond acceptors (Lipinski definition) is 6. The normalized spacial score (nSPS) is 18.8. The van der Waals surface area contributed by atoms with Gasteiger partial charge in [0.1, 0.15) is 11.8 Å². The van der Waals surface area contributed by atoms with Gasteiger partial charge in [-0.3, -0.25) is 14.8 Å². The van der Waals surface area contributed by atoms with Crippen LogP contribution in [0.4, 0.5) is 0 Å². The standard InChI is InChI=1S/C25H33N3O6S/c1-17(2)7-12-24(29)26-20-13-14-28(23(16-20)25(30)27-31)35(32,33)22-6-4-5-19(15-22)18-8-10-21(34-3)11-9-18/h4-6,8-11,15,17,20,23,31H,7,12-14,16H2,1-3H3,(H,26,29)(H,27,30)/t20-,23-/m1/s1. The second kappa shape index (κ2) is 11.7. The quantitative estimate of drug-likeness (QED) is 0.357. The fourth-order valence-corrected chi connectivity index (χ4v) is 5.81. The van der Waals surface area contributed by atoms with E-state index in [2.05, 4.69) is 5.32 Å². The summed E-state index contributed by atoms with van der Waals surface area (Å²) in [7, 11) is -2.49. The monoisotopic (exact) mass is 503 g/mol. The van der Waals surface area contributed by atoms with Gasteiger partial charge in [0.25, 0.3) is 5.91 Å². The van der Waals surface area contributed by atoms with Crippen LogP contribution in [-0.2, 0) is 19.6 Å². The molecule has 1 heterocycles. The van der Waals surface area contributed by atoms with Gasteiger partial charge in [0.2, 0.25) is 15.9 Å². The number of hydrogen-bond donors (Lipinski definition) is 3. The molecule has 1 saturated heterocycles. The maximum atomic E-state index is 13.6. The van der Waals surface area contributed by atoms with Crippen molar-refractivity contribution < 1.29 is 28.0 Å². The first kappa shape index (κ1) is 26.7. The summed E-state index contributed by atoms with van der Waals surface area (Å²) in [5, 5.41) is 12.2. The van der Waals surface area contributed by atoms with Crippen molar-refractivity contribution in [3.63, 3.8) is 0 Å². The van der Waals surface area contributed by atoms with E-state index in [1.165, 1.54) is 6.07 Å². The molecule has 190 valence electrons. The highest BCUT2D eigenvalue weighted by molar-refractivity contribution is 7.89. The molecule has 0 saturated carbocycles. The predicted molar refractivity (Wildman–Crippen MR) is 131 cm³/mol. The maximum absolute atomic E-state index is 13.6. The first-order chi connectivity index (χ1) is 16.6. The van der Waals surface area contributed by atoms with Crippen LogP contribution in [0.2, 0.25) is 0 Å². The number of methoxy groups -OCH3 is 1. The number of carbonyl (C=O) groups excluding carboxylic acids is 2. The Morgan fingerprint density at radius 3 is 2.49 bits per heavy atom. The Morgan fingerprint density at radius 2 is 1.86 bits per heavy atom. The Bertz CT molecular complexity index is 1130. The lowest BCUT2D eigenvalue weighted by atomic mass is 9.98. The molecule has 0 aliphatic carbocycles. The first-order valence-electron chi connectivity index (χ1n) is 11.7. The minimum atomic E-state index is -4.06. The Hall–Kier alpha value is -2.95. The summed E-state index contributed by atoms with van der Waals surface area (Å²) in [4.78, 5) is 24.8. The van der Waals surface area contributed by atoms with Gasteiger partial charge in [-0.15, -0.1) is 0 Å². The van der Waals surface area contributed by atoms with E-state index < -0.39 is 22.0 Å². The smallest absolute Gasteiger partial charge is 0.261 e. The van der Waals surface area contributed by atoms with Gasteiger partial charge < -0.3 is 10.1 Å². The van der Waals surface area contributed by atoms with Gasteiger partial charge in [0, 0.05) is 19.0 Å². The number of piperidine rings is 1. The SMILES string of the molecule is COc1ccc(-c2cccc(S(=O)(=O)N3CC[C@@H](NC(=O)CCC(C)C)C[C@@H]3C(=O)NO)c2)cc1. The number of amides is 2. The van der Waals surface area contributed by atoms with Crippen molar-refractivity contribution in [3.8, 4) is 16.9 Å². The Morgan fingerprint density at radius 1 is 1.14 bits per heavy atom. The van der Waals surface area contributed by atoms with Crippen molar-refractivity contribution in [2.75, 3.05) is 13.7 Å². The molecule has 1 fully saturated rings. The molecule has 35 heavy (non-hydrogen) atoms. The van der Waals surface area contributed by atoms with E-state index in [0.29, 0.717) is 30.1 Å². The number of carbonyl (C=O) groups is 2. The van der Waals surface area contributed by atoms with Crippen molar-refractivity contribution in [2.45, 2.75) is 56.5 Å². The fourth-order valence-electron chi connectivity index (χ4n) is 4.15. The number of nitrogens with one attached hydrogen (secondary N) is 2. The van der Waals surface area contributed by atoms with E-state index in [1.807, 2.05) is 26.0 Å². The van der Waals surface area contributed by atoms with Gasteiger partial charge in [0.15, 0.2) is 0 Å². The number of benzene rings is 2. The van der Waals surface area contributed by atoms with Crippen molar-refractivity contribution in [1.82, 2.24) is 15.1 Å². The molecule has 0 radical (unpaired) electrons. The highest BCUT2D eigenvalue weighted by Gasteiger charge is 2.41. The summed E-state index contributed by atoms with van der Waals surface area (Å²) in [6.45, 7) is 4.09. The minimum absolute atomic E-state index is 0.0301. The van der Waals surface area contributed by atoms with Crippen LogP contribution in [0.5, 0.6) is 5.75 Å². The third kappa shape index (κ3) is 6.59. The molecule has 2 aromatic rings. The van der Waals surface area contributed by atoms with E-state index in [-0.39, 0.29) is 29.8 Å². The van der Waals surface area contributed by atoms with Crippen molar-refractivity contribution in [1.29, 1.82) is 0 Å². The van der Waals surface area contributed by atoms with Gasteiger partial charge in [0.05, 0.1) is 12.0 Å². The molecule has 1 aliphatic rings. The largest absolute Gasteiger partial charge is 0.497 e. The number of hydroxylamine groups is 1. The van der Waals surface area contributed by atoms with Crippen LogP contribution >= 0.6 is 0 Å². The van der Waals surface area contributed by atoms with Crippen LogP contribution in [0.25, 0.3) is 11.1 Å². The number of ether oxygens (including phenoxy) is 1. The molecule has 0 unspecified atom stereocenters. The zero-order valence-corrected chi connectivity index (χ0v) is 21.0. The third-order valence-electron chi connectivity index (χ3n) is 6.14. The van der Waals surface area contributed by atoms with Gasteiger partial charge in [-0.2, -0.15) is 4.31 Å². The molecule has 0 aromatic heterocycles. The van der Waals surface area contributed by atoms with Crippen LogP contribution in [0, 0.1) is 5.92 Å². The highest BCUT2D eigenvalue weighted by Crippen LogP contribution is 2.29. The Kier molecular flexibility index (Phi) is 8.87. The zero-order chi connectivity index (χ0) is 25.6. The third-order valence-corrected chi connectivity index (χ3v) is 8.05. The summed E-state index contributed by atoms with van der Waals surface area (Å²) in [5.41, 5.74) is 3.09. The lowest BCUT2D eigenvalue weighted by molar-refractivity contribution is -0.135. The second-order valence-electron chi connectivity index (χ2n) is 9.09. The molecule has 0 bridgehead atoms. The van der Waals surface area contributed by atoms with Crippen molar-refractivity contribution >= 4 is 21.8 Å².